The molecular formula is C16H17NO3. The molecule has 20 heavy (non-hydrogen) atoms. The summed E-state index contributed by atoms with van der Waals surface area (Å²) >= 11 is 0. The molecule has 0 unspecified atom stereocenters. The first kappa shape index (κ1) is 13.9. The molecule has 0 saturated carbocycles. The SMILES string of the molecule is Cc1cc(Cc2ccc(OCC(=O)O)cc2)ccc1N. The minimum atomic E-state index is -0.980. The second kappa shape index (κ2) is 6.10. The number of carbonyl (C=O) groups is 1. The Morgan fingerprint density at radius 3 is 2.40 bits per heavy atom. The first-order chi connectivity index (χ1) is 9.54. The fraction of sp³-hybridized carbons (Fsp3) is 0.188. The van der Waals surface area contributed by atoms with Gasteiger partial charge in [-0.1, -0.05) is 24.3 Å². The Kier molecular flexibility index (Phi) is 4.25. The van der Waals surface area contributed by atoms with Crippen LogP contribution in [-0.4, -0.2) is 17.7 Å². The van der Waals surface area contributed by atoms with Gasteiger partial charge in [0.15, 0.2) is 6.61 Å². The minimum Gasteiger partial charge on any atom is -0.482 e. The normalized spacial score (nSPS) is 10.2. The van der Waals surface area contributed by atoms with Gasteiger partial charge in [-0.15, -0.1) is 0 Å². The summed E-state index contributed by atoms with van der Waals surface area (Å²) in [6, 6.07) is 13.4. The number of carboxylic acids is 1. The molecule has 3 N–H and O–H groups in total. The lowest BCUT2D eigenvalue weighted by Crippen LogP contribution is -2.09. The van der Waals surface area contributed by atoms with E-state index in [9.17, 15) is 4.79 Å². The Bertz CT molecular complexity index is 606. The van der Waals surface area contributed by atoms with Crippen molar-refractivity contribution in [2.24, 2.45) is 0 Å². The first-order valence-corrected chi connectivity index (χ1v) is 6.33. The smallest absolute Gasteiger partial charge is 0.341 e. The fourth-order valence-corrected chi connectivity index (χ4v) is 1.93. The summed E-state index contributed by atoms with van der Waals surface area (Å²) in [4.78, 5) is 10.4. The van der Waals surface area contributed by atoms with Crippen molar-refractivity contribution in [1.82, 2.24) is 0 Å². The fourth-order valence-electron chi connectivity index (χ4n) is 1.93. The van der Waals surface area contributed by atoms with Crippen molar-refractivity contribution >= 4 is 11.7 Å². The van der Waals surface area contributed by atoms with E-state index in [0.29, 0.717) is 5.75 Å². The number of anilines is 1. The lowest BCUT2D eigenvalue weighted by Gasteiger charge is -2.07. The van der Waals surface area contributed by atoms with Crippen LogP contribution in [0.5, 0.6) is 5.75 Å². The van der Waals surface area contributed by atoms with Gasteiger partial charge in [-0.25, -0.2) is 4.79 Å². The van der Waals surface area contributed by atoms with Crippen molar-refractivity contribution in [3.63, 3.8) is 0 Å². The third kappa shape index (κ3) is 3.75. The van der Waals surface area contributed by atoms with Crippen LogP contribution < -0.4 is 10.5 Å². The molecule has 0 bridgehead atoms. The number of nitrogens with two attached hydrogens (primary N) is 1. The molecule has 4 nitrogen and oxygen atoms in total. The van der Waals surface area contributed by atoms with Gasteiger partial charge >= 0.3 is 5.97 Å². The Morgan fingerprint density at radius 1 is 1.15 bits per heavy atom. The van der Waals surface area contributed by atoms with Crippen LogP contribution in [0.3, 0.4) is 0 Å². The zero-order valence-electron chi connectivity index (χ0n) is 11.3. The Hall–Kier alpha value is -2.49. The predicted molar refractivity (Wildman–Crippen MR) is 78.0 cm³/mol. The number of rotatable bonds is 5. The average molecular weight is 271 g/mol. The number of aryl methyl sites for hydroxylation is 1. The van der Waals surface area contributed by atoms with Crippen LogP contribution in [0.2, 0.25) is 0 Å². The lowest BCUT2D eigenvalue weighted by atomic mass is 10.0. The van der Waals surface area contributed by atoms with Gasteiger partial charge in [-0.2, -0.15) is 0 Å². The summed E-state index contributed by atoms with van der Waals surface area (Å²) in [6.07, 6.45) is 0.806. The van der Waals surface area contributed by atoms with E-state index in [4.69, 9.17) is 15.6 Å². The van der Waals surface area contributed by atoms with Crippen LogP contribution in [0, 0.1) is 6.92 Å². The number of ether oxygens (including phenoxy) is 1. The monoisotopic (exact) mass is 271 g/mol. The van der Waals surface area contributed by atoms with Gasteiger partial charge in [0.1, 0.15) is 5.75 Å². The summed E-state index contributed by atoms with van der Waals surface area (Å²) in [5.41, 5.74) is 9.99. The molecule has 0 aromatic heterocycles. The van der Waals surface area contributed by atoms with Gasteiger partial charge in [0, 0.05) is 5.69 Å². The summed E-state index contributed by atoms with van der Waals surface area (Å²) in [5, 5.41) is 8.54. The minimum absolute atomic E-state index is 0.323. The third-order valence-corrected chi connectivity index (χ3v) is 3.03. The molecule has 2 aromatic rings. The van der Waals surface area contributed by atoms with Crippen molar-refractivity contribution in [1.29, 1.82) is 0 Å². The summed E-state index contributed by atoms with van der Waals surface area (Å²) in [5.74, 6) is -0.420. The molecule has 0 heterocycles. The maximum atomic E-state index is 10.4. The zero-order chi connectivity index (χ0) is 14.5. The number of hydrogen-bond donors (Lipinski definition) is 2. The molecule has 4 heteroatoms. The van der Waals surface area contributed by atoms with Crippen LogP contribution in [0.25, 0.3) is 0 Å². The van der Waals surface area contributed by atoms with E-state index in [2.05, 4.69) is 6.07 Å². The van der Waals surface area contributed by atoms with Crippen molar-refractivity contribution < 1.29 is 14.6 Å². The van der Waals surface area contributed by atoms with Gasteiger partial charge in [0.2, 0.25) is 0 Å². The molecule has 0 aliphatic carbocycles. The van der Waals surface area contributed by atoms with Crippen molar-refractivity contribution in [2.75, 3.05) is 12.3 Å². The second-order valence-electron chi connectivity index (χ2n) is 4.69. The van der Waals surface area contributed by atoms with Crippen molar-refractivity contribution in [3.05, 3.63) is 59.2 Å². The molecular weight excluding hydrogens is 254 g/mol. The van der Waals surface area contributed by atoms with Crippen molar-refractivity contribution in [3.8, 4) is 5.75 Å². The maximum absolute atomic E-state index is 10.4. The van der Waals surface area contributed by atoms with Gasteiger partial charge in [-0.3, -0.25) is 0 Å². The highest BCUT2D eigenvalue weighted by atomic mass is 16.5. The highest BCUT2D eigenvalue weighted by Crippen LogP contribution is 2.18. The Morgan fingerprint density at radius 2 is 1.80 bits per heavy atom. The van der Waals surface area contributed by atoms with E-state index in [1.807, 2.05) is 31.2 Å². The second-order valence-corrected chi connectivity index (χ2v) is 4.69. The average Bonchev–Trinajstić information content (AvgIpc) is 2.42. The number of carboxylic acid groups (broad SMARTS) is 1. The first-order valence-electron chi connectivity index (χ1n) is 6.33. The third-order valence-electron chi connectivity index (χ3n) is 3.03. The Balaban J connectivity index is 2.02. The van der Waals surface area contributed by atoms with E-state index in [-0.39, 0.29) is 6.61 Å². The van der Waals surface area contributed by atoms with E-state index >= 15 is 0 Å². The summed E-state index contributed by atoms with van der Waals surface area (Å²) in [6.45, 7) is 1.66. The summed E-state index contributed by atoms with van der Waals surface area (Å²) < 4.78 is 5.09. The zero-order valence-corrected chi connectivity index (χ0v) is 11.3. The van der Waals surface area contributed by atoms with Crippen LogP contribution >= 0.6 is 0 Å². The van der Waals surface area contributed by atoms with E-state index in [1.54, 1.807) is 12.1 Å². The number of aliphatic carboxylic acids is 1. The van der Waals surface area contributed by atoms with Crippen molar-refractivity contribution in [2.45, 2.75) is 13.3 Å². The van der Waals surface area contributed by atoms with Crippen LogP contribution in [0.4, 0.5) is 5.69 Å². The molecule has 0 aliphatic heterocycles. The molecule has 0 spiro atoms. The van der Waals surface area contributed by atoms with Gasteiger partial charge in [-0.05, 0) is 48.2 Å². The largest absolute Gasteiger partial charge is 0.482 e. The molecule has 2 aromatic carbocycles. The number of nitrogen functional groups attached to an aromatic ring is 1. The molecule has 104 valence electrons. The highest BCUT2D eigenvalue weighted by molar-refractivity contribution is 5.68. The molecule has 2 rings (SSSR count). The Labute approximate surface area is 117 Å². The highest BCUT2D eigenvalue weighted by Gasteiger charge is 2.02. The molecule has 0 aliphatic rings. The molecule has 0 radical (unpaired) electrons. The van der Waals surface area contributed by atoms with E-state index in [0.717, 1.165) is 23.2 Å². The maximum Gasteiger partial charge on any atom is 0.341 e. The molecule has 0 atom stereocenters. The number of benzene rings is 2. The van der Waals surface area contributed by atoms with Crippen LogP contribution in [0.1, 0.15) is 16.7 Å². The van der Waals surface area contributed by atoms with Crippen LogP contribution in [0.15, 0.2) is 42.5 Å². The van der Waals surface area contributed by atoms with Gasteiger partial charge in [0.25, 0.3) is 0 Å². The van der Waals surface area contributed by atoms with Gasteiger partial charge in [0.05, 0.1) is 0 Å². The van der Waals surface area contributed by atoms with Gasteiger partial charge < -0.3 is 15.6 Å². The van der Waals surface area contributed by atoms with E-state index < -0.39 is 5.97 Å². The molecule has 0 amide bonds. The quantitative estimate of drug-likeness (QED) is 0.820. The molecule has 0 fully saturated rings. The van der Waals surface area contributed by atoms with Crippen LogP contribution in [-0.2, 0) is 11.2 Å². The topological polar surface area (TPSA) is 72.5 Å². The number of hydrogen-bond acceptors (Lipinski definition) is 3. The predicted octanol–water partition coefficient (Wildman–Crippen LogP) is 2.63. The lowest BCUT2D eigenvalue weighted by molar-refractivity contribution is -0.139. The standard InChI is InChI=1S/C16H17NO3/c1-11-8-13(4-7-15(11)17)9-12-2-5-14(6-3-12)20-10-16(18)19/h2-8H,9-10,17H2,1H3,(H,18,19). The van der Waals surface area contributed by atoms with E-state index in [1.165, 1.54) is 5.56 Å². The summed E-state index contributed by atoms with van der Waals surface area (Å²) in [7, 11) is 0. The molecule has 0 saturated heterocycles.